The number of amides is 2. The summed E-state index contributed by atoms with van der Waals surface area (Å²) in [7, 11) is 0. The van der Waals surface area contributed by atoms with E-state index in [-0.39, 0.29) is 17.9 Å². The van der Waals surface area contributed by atoms with Gasteiger partial charge in [-0.15, -0.1) is 0 Å². The van der Waals surface area contributed by atoms with Gasteiger partial charge in [0.05, 0.1) is 0 Å². The topological polar surface area (TPSA) is 57.6 Å². The molecule has 0 bridgehead atoms. The van der Waals surface area contributed by atoms with Crippen molar-refractivity contribution < 1.29 is 9.59 Å². The first kappa shape index (κ1) is 16.1. The molecule has 0 radical (unpaired) electrons. The zero-order valence-electron chi connectivity index (χ0n) is 14.6. The predicted molar refractivity (Wildman–Crippen MR) is 96.2 cm³/mol. The van der Waals surface area contributed by atoms with Crippen LogP contribution in [0.4, 0.5) is 0 Å². The fourth-order valence-corrected chi connectivity index (χ4v) is 4.01. The molecule has 6 heteroatoms. The van der Waals surface area contributed by atoms with Gasteiger partial charge in [0.1, 0.15) is 6.04 Å². The summed E-state index contributed by atoms with van der Waals surface area (Å²) in [5.74, 6) is 0.186. The van der Waals surface area contributed by atoms with Gasteiger partial charge in [0.25, 0.3) is 0 Å². The Morgan fingerprint density at radius 2 is 2.08 bits per heavy atom. The molecule has 2 saturated heterocycles. The molecule has 4 rings (SSSR count). The number of hydrogen-bond acceptors (Lipinski definition) is 3. The smallest absolute Gasteiger partial charge is 0.239 e. The lowest BCUT2D eigenvalue weighted by Gasteiger charge is -2.43. The standard InChI is InChI=1S/C19H24N4O2/c1-14-12-15-4-2-3-5-16(15)23(14)8-6-18(24)22-11-10-21-9-7-20-19(25)17(21)13-22/h2-5,12,17H,6-11,13H2,1H3,(H,20,25)/t17-/m1/s1. The number of aromatic nitrogens is 1. The maximum Gasteiger partial charge on any atom is 0.239 e. The van der Waals surface area contributed by atoms with E-state index in [2.05, 4.69) is 39.9 Å². The molecule has 2 amide bonds. The Hall–Kier alpha value is -2.34. The summed E-state index contributed by atoms with van der Waals surface area (Å²) in [5.41, 5.74) is 2.34. The van der Waals surface area contributed by atoms with Crippen LogP contribution >= 0.6 is 0 Å². The summed E-state index contributed by atoms with van der Waals surface area (Å²) in [6.07, 6.45) is 0.466. The number of benzene rings is 1. The van der Waals surface area contributed by atoms with Crippen LogP contribution in [0.2, 0.25) is 0 Å². The van der Waals surface area contributed by atoms with Crippen LogP contribution < -0.4 is 5.32 Å². The van der Waals surface area contributed by atoms with Gasteiger partial charge < -0.3 is 14.8 Å². The molecule has 0 saturated carbocycles. The molecular weight excluding hydrogens is 316 g/mol. The Balaban J connectivity index is 1.42. The van der Waals surface area contributed by atoms with Crippen LogP contribution in [0.3, 0.4) is 0 Å². The van der Waals surface area contributed by atoms with E-state index in [9.17, 15) is 9.59 Å². The van der Waals surface area contributed by atoms with Crippen LogP contribution in [0, 0.1) is 6.92 Å². The number of nitrogens with one attached hydrogen (secondary N) is 1. The van der Waals surface area contributed by atoms with Gasteiger partial charge in [0.2, 0.25) is 11.8 Å². The predicted octanol–water partition coefficient (Wildman–Crippen LogP) is 0.982. The average molecular weight is 340 g/mol. The third-order valence-corrected chi connectivity index (χ3v) is 5.41. The largest absolute Gasteiger partial charge is 0.353 e. The number of para-hydroxylation sites is 1. The Kier molecular flexibility index (Phi) is 4.21. The van der Waals surface area contributed by atoms with Gasteiger partial charge in [0.15, 0.2) is 0 Å². The Morgan fingerprint density at radius 3 is 2.96 bits per heavy atom. The molecule has 6 nitrogen and oxygen atoms in total. The van der Waals surface area contributed by atoms with Crippen molar-refractivity contribution in [2.75, 3.05) is 32.7 Å². The lowest BCUT2D eigenvalue weighted by Crippen LogP contribution is -2.64. The van der Waals surface area contributed by atoms with E-state index in [0.717, 1.165) is 13.1 Å². The molecule has 0 unspecified atom stereocenters. The second-order valence-electron chi connectivity index (χ2n) is 6.93. The first-order chi connectivity index (χ1) is 12.1. The fraction of sp³-hybridized carbons (Fsp3) is 0.474. The van der Waals surface area contributed by atoms with Crippen LogP contribution in [-0.4, -0.2) is 64.9 Å². The third-order valence-electron chi connectivity index (χ3n) is 5.41. The van der Waals surface area contributed by atoms with Gasteiger partial charge in [-0.05, 0) is 24.4 Å². The minimum atomic E-state index is -0.180. The molecule has 132 valence electrons. The quantitative estimate of drug-likeness (QED) is 0.906. The lowest BCUT2D eigenvalue weighted by atomic mass is 10.1. The molecule has 0 spiro atoms. The summed E-state index contributed by atoms with van der Waals surface area (Å²) < 4.78 is 2.21. The highest BCUT2D eigenvalue weighted by Gasteiger charge is 2.36. The highest BCUT2D eigenvalue weighted by atomic mass is 16.2. The van der Waals surface area contributed by atoms with Crippen molar-refractivity contribution in [3.63, 3.8) is 0 Å². The van der Waals surface area contributed by atoms with Crippen molar-refractivity contribution in [1.29, 1.82) is 0 Å². The van der Waals surface area contributed by atoms with Crippen LogP contribution in [0.25, 0.3) is 10.9 Å². The molecular formula is C19H24N4O2. The highest BCUT2D eigenvalue weighted by Crippen LogP contribution is 2.20. The second-order valence-corrected chi connectivity index (χ2v) is 6.93. The molecule has 2 fully saturated rings. The second kappa shape index (κ2) is 6.52. The lowest BCUT2D eigenvalue weighted by molar-refractivity contribution is -0.140. The number of fused-ring (bicyclic) bond motifs is 2. The number of piperazine rings is 2. The molecule has 1 atom stereocenters. The monoisotopic (exact) mass is 340 g/mol. The number of aryl methyl sites for hydroxylation is 2. The molecule has 25 heavy (non-hydrogen) atoms. The zero-order valence-corrected chi connectivity index (χ0v) is 14.6. The van der Waals surface area contributed by atoms with E-state index < -0.39 is 0 Å². The molecule has 2 aromatic rings. The van der Waals surface area contributed by atoms with Gasteiger partial charge in [0, 0.05) is 56.9 Å². The van der Waals surface area contributed by atoms with E-state index in [1.54, 1.807) is 0 Å². The van der Waals surface area contributed by atoms with Gasteiger partial charge in [-0.25, -0.2) is 0 Å². The summed E-state index contributed by atoms with van der Waals surface area (Å²) in [6, 6.07) is 10.2. The van der Waals surface area contributed by atoms with Crippen LogP contribution in [0.1, 0.15) is 12.1 Å². The maximum atomic E-state index is 12.7. The first-order valence-electron chi connectivity index (χ1n) is 8.98. The SMILES string of the molecule is Cc1cc2ccccc2n1CCC(=O)N1CCN2CCNC(=O)[C@H]2C1. The molecule has 3 heterocycles. The summed E-state index contributed by atoms with van der Waals surface area (Å²) in [4.78, 5) is 28.8. The Bertz CT molecular complexity index is 813. The molecule has 2 aliphatic heterocycles. The molecule has 1 N–H and O–H groups in total. The van der Waals surface area contributed by atoms with Crippen LogP contribution in [0.5, 0.6) is 0 Å². The van der Waals surface area contributed by atoms with Gasteiger partial charge in [-0.2, -0.15) is 0 Å². The summed E-state index contributed by atoms with van der Waals surface area (Å²) in [6.45, 7) is 6.36. The van der Waals surface area contributed by atoms with E-state index in [0.29, 0.717) is 32.6 Å². The zero-order chi connectivity index (χ0) is 17.4. The molecule has 1 aromatic heterocycles. The number of nitrogens with zero attached hydrogens (tertiary/aromatic N) is 3. The molecule has 2 aliphatic rings. The van der Waals surface area contributed by atoms with Crippen molar-refractivity contribution >= 4 is 22.7 Å². The average Bonchev–Trinajstić information content (AvgIpc) is 2.95. The Labute approximate surface area is 147 Å². The van der Waals surface area contributed by atoms with Gasteiger partial charge in [-0.1, -0.05) is 18.2 Å². The molecule has 0 aliphatic carbocycles. The summed E-state index contributed by atoms with van der Waals surface area (Å²) >= 11 is 0. The van der Waals surface area contributed by atoms with Gasteiger partial charge >= 0.3 is 0 Å². The van der Waals surface area contributed by atoms with E-state index >= 15 is 0 Å². The number of carbonyl (C=O) groups is 2. The maximum absolute atomic E-state index is 12.7. The van der Waals surface area contributed by atoms with Crippen molar-refractivity contribution in [2.24, 2.45) is 0 Å². The number of rotatable bonds is 3. The van der Waals surface area contributed by atoms with E-state index in [1.807, 2.05) is 17.0 Å². The highest BCUT2D eigenvalue weighted by molar-refractivity contribution is 5.85. The first-order valence-corrected chi connectivity index (χ1v) is 8.98. The van der Waals surface area contributed by atoms with E-state index in [4.69, 9.17) is 0 Å². The normalized spacial score (nSPS) is 21.2. The number of carbonyl (C=O) groups excluding carboxylic acids is 2. The van der Waals surface area contributed by atoms with E-state index in [1.165, 1.54) is 16.6 Å². The summed E-state index contributed by atoms with van der Waals surface area (Å²) in [5, 5.41) is 4.11. The molecule has 1 aromatic carbocycles. The minimum absolute atomic E-state index is 0.0519. The fourth-order valence-electron chi connectivity index (χ4n) is 4.01. The van der Waals surface area contributed by atoms with Crippen molar-refractivity contribution in [3.8, 4) is 0 Å². The minimum Gasteiger partial charge on any atom is -0.353 e. The van der Waals surface area contributed by atoms with Crippen molar-refractivity contribution in [2.45, 2.75) is 25.9 Å². The van der Waals surface area contributed by atoms with Crippen LogP contribution in [0.15, 0.2) is 30.3 Å². The van der Waals surface area contributed by atoms with Crippen molar-refractivity contribution in [3.05, 3.63) is 36.0 Å². The Morgan fingerprint density at radius 1 is 1.24 bits per heavy atom. The van der Waals surface area contributed by atoms with Crippen molar-refractivity contribution in [1.82, 2.24) is 19.7 Å². The van der Waals surface area contributed by atoms with Crippen LogP contribution in [-0.2, 0) is 16.1 Å². The third kappa shape index (κ3) is 3.02. The number of hydrogen-bond donors (Lipinski definition) is 1. The van der Waals surface area contributed by atoms with Gasteiger partial charge in [-0.3, -0.25) is 14.5 Å².